The van der Waals surface area contributed by atoms with Crippen molar-refractivity contribution in [1.82, 2.24) is 4.98 Å². The first-order valence-corrected chi connectivity index (χ1v) is 9.14. The van der Waals surface area contributed by atoms with Gasteiger partial charge < -0.3 is 10.5 Å². The first-order chi connectivity index (χ1) is 11.6. The molecule has 4 nitrogen and oxygen atoms in total. The molecule has 0 saturated carbocycles. The fourth-order valence-electron chi connectivity index (χ4n) is 2.44. The Morgan fingerprint density at radius 1 is 1.38 bits per heavy atom. The molecule has 0 spiro atoms. The second kappa shape index (κ2) is 9.23. The molecular weight excluding hydrogens is 318 g/mol. The fraction of sp³-hybridized carbons (Fsp3) is 0.368. The van der Waals surface area contributed by atoms with E-state index in [4.69, 9.17) is 15.9 Å². The number of aryl methyl sites for hydroxylation is 2. The molecule has 5 heteroatoms. The maximum Gasteiger partial charge on any atom is 0.126 e. The van der Waals surface area contributed by atoms with E-state index in [0.717, 1.165) is 43.4 Å². The van der Waals surface area contributed by atoms with Gasteiger partial charge in [-0.1, -0.05) is 19.1 Å². The highest BCUT2D eigenvalue weighted by Gasteiger charge is 2.03. The fourth-order valence-corrected chi connectivity index (χ4v) is 3.22. The number of rotatable bonds is 9. The number of amidine groups is 1. The summed E-state index contributed by atoms with van der Waals surface area (Å²) in [5.74, 6) is 0.868. The summed E-state index contributed by atoms with van der Waals surface area (Å²) in [6.45, 7) is 2.14. The molecule has 24 heavy (non-hydrogen) atoms. The third kappa shape index (κ3) is 5.20. The topological polar surface area (TPSA) is 72.0 Å². The predicted octanol–water partition coefficient (Wildman–Crippen LogP) is 4.42. The summed E-state index contributed by atoms with van der Waals surface area (Å²) in [4.78, 5) is 4.60. The largest absolute Gasteiger partial charge is 0.496 e. The van der Waals surface area contributed by atoms with Gasteiger partial charge in [0, 0.05) is 16.5 Å². The van der Waals surface area contributed by atoms with E-state index in [2.05, 4.69) is 23.4 Å². The number of thiazole rings is 1. The zero-order valence-corrected chi connectivity index (χ0v) is 15.2. The lowest BCUT2D eigenvalue weighted by atomic mass is 10.1. The quantitative estimate of drug-likeness (QED) is 0.402. The summed E-state index contributed by atoms with van der Waals surface area (Å²) in [6, 6.07) is 5.54. The zero-order valence-electron chi connectivity index (χ0n) is 14.3. The van der Waals surface area contributed by atoms with E-state index in [9.17, 15) is 0 Å². The summed E-state index contributed by atoms with van der Waals surface area (Å²) < 4.78 is 5.36. The monoisotopic (exact) mass is 343 g/mol. The van der Waals surface area contributed by atoms with Crippen LogP contribution >= 0.6 is 11.3 Å². The minimum absolute atomic E-state index is 0.0713. The summed E-state index contributed by atoms with van der Waals surface area (Å²) in [5, 5.41) is 10.9. The second-order valence-corrected chi connectivity index (χ2v) is 6.55. The molecule has 0 radical (unpaired) electrons. The minimum atomic E-state index is 0.0713. The number of hydrogen-bond donors (Lipinski definition) is 2. The molecule has 2 rings (SSSR count). The van der Waals surface area contributed by atoms with Crippen LogP contribution in [0.25, 0.3) is 6.08 Å². The van der Waals surface area contributed by atoms with Crippen molar-refractivity contribution in [3.8, 4) is 5.75 Å². The lowest BCUT2D eigenvalue weighted by molar-refractivity contribution is 0.414. The van der Waals surface area contributed by atoms with Crippen molar-refractivity contribution in [2.24, 2.45) is 5.73 Å². The van der Waals surface area contributed by atoms with Crippen molar-refractivity contribution >= 4 is 23.2 Å². The van der Waals surface area contributed by atoms with E-state index in [1.165, 1.54) is 10.7 Å². The van der Waals surface area contributed by atoms with E-state index in [0.29, 0.717) is 5.56 Å². The van der Waals surface area contributed by atoms with Crippen LogP contribution in [0.4, 0.5) is 0 Å². The van der Waals surface area contributed by atoms with Crippen molar-refractivity contribution < 1.29 is 4.74 Å². The summed E-state index contributed by atoms with van der Waals surface area (Å²) >= 11 is 1.76. The Morgan fingerprint density at radius 3 is 2.88 bits per heavy atom. The lowest BCUT2D eigenvalue weighted by Crippen LogP contribution is -2.11. The molecule has 1 heterocycles. The van der Waals surface area contributed by atoms with Gasteiger partial charge in [0.25, 0.3) is 0 Å². The number of unbranched alkanes of at least 4 members (excludes halogenated alkanes) is 2. The molecule has 0 fully saturated rings. The number of hydrogen-bond acceptors (Lipinski definition) is 4. The molecule has 0 amide bonds. The van der Waals surface area contributed by atoms with Crippen LogP contribution in [-0.4, -0.2) is 17.9 Å². The lowest BCUT2D eigenvalue weighted by Gasteiger charge is -2.07. The highest BCUT2D eigenvalue weighted by atomic mass is 32.1. The molecule has 1 aromatic carbocycles. The molecule has 0 aliphatic heterocycles. The number of nitrogen functional groups attached to an aromatic ring is 1. The molecule has 2 aromatic rings. The number of nitrogens with two attached hydrogens (primary N) is 1. The average Bonchev–Trinajstić information content (AvgIpc) is 3.05. The van der Waals surface area contributed by atoms with Gasteiger partial charge in [-0.15, -0.1) is 11.3 Å². The summed E-state index contributed by atoms with van der Waals surface area (Å²) in [6.07, 6.45) is 9.55. The van der Waals surface area contributed by atoms with Gasteiger partial charge in [-0.25, -0.2) is 4.98 Å². The van der Waals surface area contributed by atoms with E-state index in [1.807, 2.05) is 18.2 Å². The summed E-state index contributed by atoms with van der Waals surface area (Å²) in [5.41, 5.74) is 8.44. The van der Waals surface area contributed by atoms with Crippen molar-refractivity contribution in [2.75, 3.05) is 7.11 Å². The smallest absolute Gasteiger partial charge is 0.126 e. The maximum absolute atomic E-state index is 7.53. The van der Waals surface area contributed by atoms with E-state index < -0.39 is 0 Å². The maximum atomic E-state index is 7.53. The number of aromatic nitrogens is 1. The molecule has 0 aliphatic rings. The van der Waals surface area contributed by atoms with Gasteiger partial charge in [0.1, 0.15) is 11.6 Å². The van der Waals surface area contributed by atoms with Gasteiger partial charge in [0.15, 0.2) is 0 Å². The third-order valence-corrected chi connectivity index (χ3v) is 4.84. The predicted molar refractivity (Wildman–Crippen MR) is 102 cm³/mol. The number of benzene rings is 1. The molecule has 0 saturated heterocycles. The van der Waals surface area contributed by atoms with Gasteiger partial charge in [-0.3, -0.25) is 5.41 Å². The highest BCUT2D eigenvalue weighted by molar-refractivity contribution is 7.09. The van der Waals surface area contributed by atoms with E-state index in [-0.39, 0.29) is 5.84 Å². The van der Waals surface area contributed by atoms with Crippen molar-refractivity contribution in [3.05, 3.63) is 51.5 Å². The van der Waals surface area contributed by atoms with Crippen LogP contribution in [0.15, 0.2) is 29.7 Å². The number of nitrogens with zero attached hydrogens (tertiary/aromatic N) is 1. The van der Waals surface area contributed by atoms with Crippen molar-refractivity contribution in [1.29, 1.82) is 5.41 Å². The average molecular weight is 343 g/mol. The number of methoxy groups -OCH3 is 1. The number of allylic oxidation sites excluding steroid dienone is 1. The Kier molecular flexibility index (Phi) is 7.00. The van der Waals surface area contributed by atoms with Gasteiger partial charge in [0.2, 0.25) is 0 Å². The molecule has 128 valence electrons. The minimum Gasteiger partial charge on any atom is -0.496 e. The van der Waals surface area contributed by atoms with Crippen LogP contribution in [0.3, 0.4) is 0 Å². The Labute approximate surface area is 147 Å². The zero-order chi connectivity index (χ0) is 17.4. The van der Waals surface area contributed by atoms with Crippen LogP contribution in [-0.2, 0) is 12.8 Å². The Morgan fingerprint density at radius 2 is 2.21 bits per heavy atom. The van der Waals surface area contributed by atoms with Gasteiger partial charge in [-0.05, 0) is 50.3 Å². The molecule has 0 atom stereocenters. The summed E-state index contributed by atoms with van der Waals surface area (Å²) in [7, 11) is 1.65. The standard InChI is InChI=1S/C19H25N3OS/c1-3-18-22-16(13-24-18)9-7-5-4-6-8-14-12-15(19(20)21)10-11-17(14)23-2/h6,8,10-13H,3-5,7,9H2,1-2H3,(H3,20,21)/b8-6+. The van der Waals surface area contributed by atoms with Gasteiger partial charge in [0.05, 0.1) is 17.8 Å². The molecule has 0 bridgehead atoms. The molecule has 1 aromatic heterocycles. The van der Waals surface area contributed by atoms with Gasteiger partial charge in [-0.2, -0.15) is 0 Å². The van der Waals surface area contributed by atoms with E-state index in [1.54, 1.807) is 24.5 Å². The van der Waals surface area contributed by atoms with Crippen LogP contribution < -0.4 is 10.5 Å². The Hall–Kier alpha value is -2.14. The molecular formula is C19H25N3OS. The second-order valence-electron chi connectivity index (χ2n) is 5.60. The Balaban J connectivity index is 1.83. The molecule has 3 N–H and O–H groups in total. The first-order valence-electron chi connectivity index (χ1n) is 8.26. The first kappa shape index (κ1) is 18.2. The molecule has 0 aliphatic carbocycles. The van der Waals surface area contributed by atoms with E-state index >= 15 is 0 Å². The Bertz CT molecular complexity index is 706. The van der Waals surface area contributed by atoms with Gasteiger partial charge >= 0.3 is 0 Å². The SMILES string of the molecule is CCc1nc(CCCC/C=C/c2cc(C(=N)N)ccc2OC)cs1. The van der Waals surface area contributed by atoms with Crippen molar-refractivity contribution in [3.63, 3.8) is 0 Å². The van der Waals surface area contributed by atoms with Crippen molar-refractivity contribution in [2.45, 2.75) is 39.0 Å². The third-order valence-electron chi connectivity index (χ3n) is 3.79. The van der Waals surface area contributed by atoms with Crippen LogP contribution in [0, 0.1) is 5.41 Å². The highest BCUT2D eigenvalue weighted by Crippen LogP contribution is 2.22. The number of ether oxygens (including phenoxy) is 1. The van der Waals surface area contributed by atoms with Crippen LogP contribution in [0.1, 0.15) is 48.0 Å². The normalized spacial score (nSPS) is 11.1. The molecule has 0 unspecified atom stereocenters. The van der Waals surface area contributed by atoms with Crippen LogP contribution in [0.2, 0.25) is 0 Å². The number of nitrogens with one attached hydrogen (secondary N) is 1. The van der Waals surface area contributed by atoms with Crippen LogP contribution in [0.5, 0.6) is 5.75 Å².